The summed E-state index contributed by atoms with van der Waals surface area (Å²) < 4.78 is 0. The van der Waals surface area contributed by atoms with Gasteiger partial charge in [0.1, 0.15) is 66.5 Å². The molecule has 3 aromatic carbocycles. The molecule has 41 nitrogen and oxygen atoms in total. The molecule has 3 fully saturated rings. The third-order valence-corrected chi connectivity index (χ3v) is 26.2. The lowest BCUT2D eigenvalue weighted by Gasteiger charge is -2.36. The Hall–Kier alpha value is -12.8. The van der Waals surface area contributed by atoms with E-state index in [0.717, 1.165) is 26.5 Å². The van der Waals surface area contributed by atoms with Gasteiger partial charge < -0.3 is 115 Å². The number of benzene rings is 3. The van der Waals surface area contributed by atoms with Crippen LogP contribution < -0.4 is 65.1 Å². The summed E-state index contributed by atoms with van der Waals surface area (Å²) in [6.45, 7) is 6.28. The first-order valence-corrected chi connectivity index (χ1v) is 47.5. The lowest BCUT2D eigenvalue weighted by Crippen LogP contribution is -2.60. The molecule has 21 N–H and O–H groups in total. The number of aliphatic hydroxyl groups is 2. The number of likely N-dealkylation sites (N-methyl/N-ethyl adjacent to an activating group) is 3. The molecule has 3 aliphatic heterocycles. The van der Waals surface area contributed by atoms with Crippen molar-refractivity contribution in [1.82, 2.24) is 92.3 Å². The summed E-state index contributed by atoms with van der Waals surface area (Å²) in [5.41, 5.74) is 20.1. The van der Waals surface area contributed by atoms with Crippen molar-refractivity contribution in [2.75, 3.05) is 65.4 Å². The monoisotopic (exact) mass is 1920 g/mol. The van der Waals surface area contributed by atoms with Gasteiger partial charge in [0.25, 0.3) is 0 Å². The number of rotatable bonds is 26. The Morgan fingerprint density at radius 3 is 1.78 bits per heavy atom. The molecule has 3 saturated heterocycles. The number of nitrogens with one attached hydrogen (secondary N) is 13. The number of para-hydroxylation sites is 2. The number of fused-ring (bicyclic) bond motifs is 4. The summed E-state index contributed by atoms with van der Waals surface area (Å²) in [4.78, 5) is 270. The summed E-state index contributed by atoms with van der Waals surface area (Å²) in [6.07, 6.45) is 3.19. The van der Waals surface area contributed by atoms with Gasteiger partial charge >= 0.3 is 0 Å². The van der Waals surface area contributed by atoms with E-state index in [0.29, 0.717) is 74.9 Å². The quantitative estimate of drug-likeness (QED) is 0.0196. The number of halogens is 1. The van der Waals surface area contributed by atoms with Gasteiger partial charge in [0.2, 0.25) is 88.6 Å². The number of aromatic nitrogens is 4. The molecule has 3 aromatic heterocycles. The number of thioether (sulfide) groups is 1. The van der Waals surface area contributed by atoms with Crippen molar-refractivity contribution in [2.24, 2.45) is 35.0 Å². The van der Waals surface area contributed by atoms with Gasteiger partial charge in [-0.05, 0) is 112 Å². The number of nitrogens with zero attached hydrogens (tertiary/aromatic N) is 6. The number of aromatic amines is 3. The van der Waals surface area contributed by atoms with Gasteiger partial charge in [0.15, 0.2) is 17.5 Å². The smallest absolute Gasteiger partial charge is 0.246 e. The van der Waals surface area contributed by atoms with Crippen LogP contribution in [-0.2, 0) is 107 Å². The predicted octanol–water partition coefficient (Wildman–Crippen LogP) is 0.200. The molecule has 738 valence electrons. The first-order chi connectivity index (χ1) is 64.8. The van der Waals surface area contributed by atoms with Gasteiger partial charge in [-0.25, -0.2) is 4.98 Å². The Bertz CT molecular complexity index is 5250. The predicted molar refractivity (Wildman–Crippen MR) is 505 cm³/mol. The van der Waals surface area contributed by atoms with Crippen LogP contribution in [0, 0.1) is 23.2 Å². The molecule has 43 heteroatoms. The van der Waals surface area contributed by atoms with Gasteiger partial charge in [-0.1, -0.05) is 114 Å². The Labute approximate surface area is 797 Å². The molecule has 15 atom stereocenters. The zero-order valence-electron chi connectivity index (χ0n) is 77.9. The number of carbonyl (C=O) groups is 17. The number of unbranched alkanes of at least 4 members (excludes halogenated alkanes) is 2. The summed E-state index contributed by atoms with van der Waals surface area (Å²) in [6, 6.07) is 2.45. The van der Waals surface area contributed by atoms with Crippen LogP contribution in [0.15, 0.2) is 97.7 Å². The topological polar surface area (TPSA) is 617 Å². The highest BCUT2D eigenvalue weighted by molar-refractivity contribution is 8.00. The maximum absolute atomic E-state index is 15.8. The first kappa shape index (κ1) is 107. The van der Waals surface area contributed by atoms with Crippen LogP contribution in [0.25, 0.3) is 21.8 Å². The number of ketones is 2. The molecule has 0 radical (unpaired) electrons. The maximum Gasteiger partial charge on any atom is 0.246 e. The lowest BCUT2D eigenvalue weighted by molar-refractivity contribution is -0.150. The van der Waals surface area contributed by atoms with E-state index in [4.69, 9.17) is 34.2 Å². The summed E-state index contributed by atoms with van der Waals surface area (Å²) in [5, 5.41) is 56.2. The van der Waals surface area contributed by atoms with Crippen LogP contribution in [0.1, 0.15) is 153 Å². The van der Waals surface area contributed by atoms with Crippen LogP contribution in [0.3, 0.4) is 0 Å². The molecule has 0 saturated carbocycles. The number of Topliss-reactive ketones (excluding diaryl/α,β-unsaturated/α-hetero) is 2. The van der Waals surface area contributed by atoms with Crippen molar-refractivity contribution in [1.29, 1.82) is 5.41 Å². The molecule has 136 heavy (non-hydrogen) atoms. The average Bonchev–Trinajstić information content (AvgIpc) is 1.53. The van der Waals surface area contributed by atoms with E-state index in [-0.39, 0.29) is 96.1 Å². The highest BCUT2D eigenvalue weighted by Crippen LogP contribution is 2.31. The van der Waals surface area contributed by atoms with Crippen LogP contribution in [0.4, 0.5) is 0 Å². The molecule has 0 aliphatic carbocycles. The second kappa shape index (κ2) is 51.2. The van der Waals surface area contributed by atoms with E-state index in [1.165, 1.54) is 62.5 Å². The van der Waals surface area contributed by atoms with Gasteiger partial charge in [0, 0.05) is 142 Å². The van der Waals surface area contributed by atoms with Gasteiger partial charge in [-0.2, -0.15) is 0 Å². The number of nitrogens with two attached hydrogens (primary N) is 3. The molecule has 0 bridgehead atoms. The largest absolute Gasteiger partial charge is 0.394 e. The molecule has 6 aromatic rings. The second-order valence-corrected chi connectivity index (χ2v) is 37.0. The van der Waals surface area contributed by atoms with E-state index in [2.05, 4.69) is 67.8 Å². The summed E-state index contributed by atoms with van der Waals surface area (Å²) >= 11 is 7.05. The number of carbonyl (C=O) groups excluding carboxylic acids is 17. The van der Waals surface area contributed by atoms with Crippen molar-refractivity contribution < 1.29 is 91.7 Å². The third kappa shape index (κ3) is 29.8. The Morgan fingerprint density at radius 1 is 0.581 bits per heavy atom. The minimum atomic E-state index is -1.77. The highest BCUT2D eigenvalue weighted by Gasteiger charge is 2.47. The minimum absolute atomic E-state index is 0.000645. The normalized spacial score (nSPS) is 24.8. The van der Waals surface area contributed by atoms with Crippen LogP contribution in [-0.4, -0.2) is 305 Å². The Balaban J connectivity index is 1.10. The fourth-order valence-corrected chi connectivity index (χ4v) is 18.3. The van der Waals surface area contributed by atoms with Crippen molar-refractivity contribution in [3.8, 4) is 0 Å². The average molecular weight is 1930 g/mol. The number of amides is 15. The van der Waals surface area contributed by atoms with Crippen molar-refractivity contribution in [2.45, 2.75) is 235 Å². The number of guanidine groups is 1. The first-order valence-electron chi connectivity index (χ1n) is 46.0. The van der Waals surface area contributed by atoms with E-state index >= 15 is 38.4 Å². The molecular weight excluding hydrogens is 1800 g/mol. The molecular formula is C93H129ClN22O19S. The Morgan fingerprint density at radius 2 is 1.17 bits per heavy atom. The SMILES string of the molecule is CCCC[C@H]1C(=O)N(C)[C@@H](CCCC)C(=O)N[C@@H](CCCNC(=N)N)C(=O)N[C@H](C(=O)NCC(N)=O)CSCC(=O)N[C@@H](Cc2ccc(Cl)cc2)C(=O)N(C)[C@@H](C)C(=O)N[C@@H](CC(N)=O)C(=O)N2CCC[C@H]2C(=O)N[C@@H](Cc2cnc[nH]2)C(=O)N[C@@H](CC(C)C)C(=O)N2C[C@H](O)C[C@H]2C(=O)C[C@@H](Cc2c[nH]c3ccccc23)C(=O)N[C@@H](CO)C(=O)C[C@@H](Cc2c[nH]c3ccccc23)C(=O)N1C. The van der Waals surface area contributed by atoms with Gasteiger partial charge in [-0.15, -0.1) is 11.8 Å². The number of imidazole rings is 1. The van der Waals surface area contributed by atoms with Crippen LogP contribution in [0.2, 0.25) is 5.02 Å². The van der Waals surface area contributed by atoms with Crippen LogP contribution in [0.5, 0.6) is 0 Å². The fraction of sp³-hybridized carbons (Fsp3) is 0.538. The zero-order valence-corrected chi connectivity index (χ0v) is 79.5. The van der Waals surface area contributed by atoms with Crippen molar-refractivity contribution in [3.05, 3.63) is 125 Å². The molecule has 9 rings (SSSR count). The Kier molecular flexibility index (Phi) is 40.2. The van der Waals surface area contributed by atoms with Crippen LogP contribution >= 0.6 is 23.4 Å². The van der Waals surface area contributed by atoms with Crippen molar-refractivity contribution >= 4 is 151 Å². The number of hydrogen-bond acceptors (Lipinski definition) is 22. The summed E-state index contributed by atoms with van der Waals surface area (Å²) in [7, 11) is 4.00. The van der Waals surface area contributed by atoms with E-state index in [1.54, 1.807) is 74.8 Å². The molecule has 3 aliphatic rings. The van der Waals surface area contributed by atoms with Crippen molar-refractivity contribution in [3.63, 3.8) is 0 Å². The highest BCUT2D eigenvalue weighted by atomic mass is 35.5. The standard InChI is InChI=1S/C93H129ClN22O19S/c1-9-11-24-72-86(129)106-65(23-17-31-100-93(97)98)84(127)111-71(83(126)103-45-79(96)122)48-136-49-80(123)105-68(34-53-27-29-58(94)30-28-53)89(132)112(6)52(5)81(124)108-69(41-78(95)121)90(133)115-32-18-26-73(115)87(130)107-66(39-59-44-99-50-104-59)85(128)109-67(33-51(3)4)91(134)116-46-60(118)40-75(116)77(120)37-54(35-56-42-101-63-21-15-13-19-61(56)63)82(125)110-70(47-117)76(119)38-55(36-57-43-102-64-22-16-14-20-62(57)64)88(131)114(8)74(25-12-10-2)92(135)113(72)7/h13-16,19-22,27-30,42-44,50-52,54-55,60,65-75,101-102,117-118H,9-12,17-18,23-26,31-41,45-49H2,1-8H3,(H2,95,121)(H2,96,122)(H,99,104)(H,103,126)(H,105,123)(H,106,129)(H,107,130)(H,108,124)(H,109,128)(H,110,125)(H,111,127)(H4,97,98,100)/t52-,54+,55+,60+,65-,66-,67-,68-,69-,70-,71-,72-,73-,74-,75-/m0/s1. The minimum Gasteiger partial charge on any atom is -0.394 e. The zero-order chi connectivity index (χ0) is 99.3. The maximum atomic E-state index is 15.8. The number of H-pyrrole nitrogens is 3. The fourth-order valence-electron chi connectivity index (χ4n) is 17.3. The van der Waals surface area contributed by atoms with Gasteiger partial charge in [0.05, 0.1) is 43.8 Å². The molecule has 6 heterocycles. The van der Waals surface area contributed by atoms with E-state index in [1.807, 2.05) is 26.0 Å². The third-order valence-electron chi connectivity index (χ3n) is 24.9. The molecule has 15 amide bonds. The van der Waals surface area contributed by atoms with Gasteiger partial charge in [-0.3, -0.25) is 86.9 Å². The number of primary amides is 2. The van der Waals surface area contributed by atoms with E-state index in [9.17, 15) is 53.4 Å². The molecule has 0 spiro atoms. The lowest BCUT2D eigenvalue weighted by atomic mass is 9.88. The number of hydrogen-bond donors (Lipinski definition) is 18. The van der Waals surface area contributed by atoms with E-state index < -0.39 is 247 Å². The second-order valence-electron chi connectivity index (χ2n) is 35.6. The summed E-state index contributed by atoms with van der Waals surface area (Å²) in [5.74, 6) is -19.4. The molecule has 0 unspecified atom stereocenters. The number of aliphatic hydroxyl groups excluding tert-OH is 2.